The second-order valence-corrected chi connectivity index (χ2v) is 9.95. The third-order valence-electron chi connectivity index (χ3n) is 8.14. The van der Waals surface area contributed by atoms with Gasteiger partial charge in [-0.3, -0.25) is 34.3 Å². The summed E-state index contributed by atoms with van der Waals surface area (Å²) in [6.45, 7) is 3.51. The standard InChI is InChI=1S/C25H32N4O5/c26-15-25(9-12-34-13-10-25)19-6-1-2-11-28(19)14-16-4-3-5-17-21(16)24(33)29(23(17)32)18-7-8-20(30)27-22(18)31/h3-5,18-19H,1-2,6-15,26H2,(H,27,30,31). The van der Waals surface area contributed by atoms with E-state index in [1.54, 1.807) is 12.1 Å². The van der Waals surface area contributed by atoms with Crippen LogP contribution >= 0.6 is 0 Å². The van der Waals surface area contributed by atoms with E-state index >= 15 is 0 Å². The van der Waals surface area contributed by atoms with Crippen molar-refractivity contribution in [1.82, 2.24) is 15.1 Å². The number of fused-ring (bicyclic) bond motifs is 1. The number of piperidine rings is 2. The Morgan fingerprint density at radius 3 is 2.59 bits per heavy atom. The molecule has 1 aromatic rings. The molecule has 0 bridgehead atoms. The predicted octanol–water partition coefficient (Wildman–Crippen LogP) is 1.20. The van der Waals surface area contributed by atoms with Crippen LogP contribution in [0.25, 0.3) is 0 Å². The molecule has 3 N–H and O–H groups in total. The Morgan fingerprint density at radius 1 is 1.06 bits per heavy atom. The number of rotatable bonds is 5. The maximum absolute atomic E-state index is 13.5. The van der Waals surface area contributed by atoms with Crippen LogP contribution in [0.3, 0.4) is 0 Å². The quantitative estimate of drug-likeness (QED) is 0.623. The number of hydrogen-bond donors (Lipinski definition) is 2. The van der Waals surface area contributed by atoms with Gasteiger partial charge >= 0.3 is 0 Å². The minimum atomic E-state index is -0.955. The van der Waals surface area contributed by atoms with Gasteiger partial charge in [0.1, 0.15) is 6.04 Å². The van der Waals surface area contributed by atoms with E-state index in [4.69, 9.17) is 10.5 Å². The largest absolute Gasteiger partial charge is 0.381 e. The van der Waals surface area contributed by atoms with E-state index < -0.39 is 23.8 Å². The van der Waals surface area contributed by atoms with Gasteiger partial charge in [0, 0.05) is 37.6 Å². The van der Waals surface area contributed by atoms with Crippen molar-refractivity contribution in [3.05, 3.63) is 34.9 Å². The van der Waals surface area contributed by atoms with Gasteiger partial charge in [-0.2, -0.15) is 0 Å². The monoisotopic (exact) mass is 468 g/mol. The summed E-state index contributed by atoms with van der Waals surface area (Å²) in [6.07, 6.45) is 5.41. The van der Waals surface area contributed by atoms with Gasteiger partial charge in [0.15, 0.2) is 0 Å². The Kier molecular flexibility index (Phi) is 6.26. The molecule has 2 atom stereocenters. The smallest absolute Gasteiger partial charge is 0.262 e. The summed E-state index contributed by atoms with van der Waals surface area (Å²) in [6, 6.07) is 4.70. The molecule has 182 valence electrons. The molecule has 4 amide bonds. The fourth-order valence-corrected chi connectivity index (χ4v) is 6.26. The minimum Gasteiger partial charge on any atom is -0.381 e. The molecule has 34 heavy (non-hydrogen) atoms. The highest BCUT2D eigenvalue weighted by atomic mass is 16.5. The number of carbonyl (C=O) groups excluding carboxylic acids is 4. The van der Waals surface area contributed by atoms with Crippen LogP contribution in [0, 0.1) is 5.41 Å². The summed E-state index contributed by atoms with van der Waals surface area (Å²) in [4.78, 5) is 54.1. The second kappa shape index (κ2) is 9.20. The average molecular weight is 469 g/mol. The van der Waals surface area contributed by atoms with E-state index in [1.165, 1.54) is 0 Å². The lowest BCUT2D eigenvalue weighted by molar-refractivity contribution is -0.136. The number of nitrogens with one attached hydrogen (secondary N) is 1. The van der Waals surface area contributed by atoms with Gasteiger partial charge in [0.25, 0.3) is 11.8 Å². The average Bonchev–Trinajstić information content (AvgIpc) is 3.11. The van der Waals surface area contributed by atoms with Gasteiger partial charge in [0.2, 0.25) is 11.8 Å². The van der Waals surface area contributed by atoms with Crippen LogP contribution in [0.4, 0.5) is 0 Å². The Labute approximate surface area is 199 Å². The highest BCUT2D eigenvalue weighted by Gasteiger charge is 2.47. The Hall–Kier alpha value is -2.62. The number of amides is 4. The van der Waals surface area contributed by atoms with Crippen molar-refractivity contribution in [3.8, 4) is 0 Å². The third-order valence-corrected chi connectivity index (χ3v) is 8.14. The molecular formula is C25H32N4O5. The molecule has 0 aliphatic carbocycles. The molecule has 0 aromatic heterocycles. The van der Waals surface area contributed by atoms with Crippen LogP contribution in [-0.2, 0) is 20.9 Å². The summed E-state index contributed by atoms with van der Waals surface area (Å²) < 4.78 is 5.63. The van der Waals surface area contributed by atoms with E-state index in [-0.39, 0.29) is 24.2 Å². The first-order chi connectivity index (χ1) is 16.4. The van der Waals surface area contributed by atoms with E-state index in [9.17, 15) is 19.2 Å². The summed E-state index contributed by atoms with van der Waals surface area (Å²) in [5.74, 6) is -1.88. The molecule has 5 rings (SSSR count). The van der Waals surface area contributed by atoms with Gasteiger partial charge in [-0.05, 0) is 56.8 Å². The van der Waals surface area contributed by atoms with Crippen molar-refractivity contribution in [2.45, 2.75) is 63.6 Å². The topological polar surface area (TPSA) is 122 Å². The molecule has 0 radical (unpaired) electrons. The number of nitrogens with zero attached hydrogens (tertiary/aromatic N) is 2. The van der Waals surface area contributed by atoms with Crippen molar-refractivity contribution in [2.24, 2.45) is 11.1 Å². The molecule has 9 heteroatoms. The van der Waals surface area contributed by atoms with Gasteiger partial charge < -0.3 is 10.5 Å². The number of ether oxygens (including phenoxy) is 1. The molecule has 1 aromatic carbocycles. The number of hydrogen-bond acceptors (Lipinski definition) is 7. The number of carbonyl (C=O) groups is 4. The highest BCUT2D eigenvalue weighted by Crippen LogP contribution is 2.41. The van der Waals surface area contributed by atoms with Crippen molar-refractivity contribution < 1.29 is 23.9 Å². The first-order valence-corrected chi connectivity index (χ1v) is 12.3. The fraction of sp³-hybridized carbons (Fsp3) is 0.600. The summed E-state index contributed by atoms with van der Waals surface area (Å²) in [7, 11) is 0. The fourth-order valence-electron chi connectivity index (χ4n) is 6.26. The first kappa shape index (κ1) is 23.1. The van der Waals surface area contributed by atoms with Crippen LogP contribution in [0.15, 0.2) is 18.2 Å². The summed E-state index contributed by atoms with van der Waals surface area (Å²) in [5, 5.41) is 2.25. The molecule has 3 fully saturated rings. The number of imide groups is 2. The van der Waals surface area contributed by atoms with Crippen molar-refractivity contribution in [3.63, 3.8) is 0 Å². The molecule has 9 nitrogen and oxygen atoms in total. The molecule has 4 aliphatic heterocycles. The molecule has 4 aliphatic rings. The van der Waals surface area contributed by atoms with Crippen LogP contribution in [0.1, 0.15) is 71.2 Å². The normalized spacial score (nSPS) is 27.6. The van der Waals surface area contributed by atoms with E-state index in [1.807, 2.05) is 6.07 Å². The maximum Gasteiger partial charge on any atom is 0.262 e. The predicted molar refractivity (Wildman–Crippen MR) is 123 cm³/mol. The number of likely N-dealkylation sites (tertiary alicyclic amines) is 1. The zero-order valence-electron chi connectivity index (χ0n) is 19.4. The molecule has 2 unspecified atom stereocenters. The van der Waals surface area contributed by atoms with Crippen LogP contribution in [0.5, 0.6) is 0 Å². The van der Waals surface area contributed by atoms with E-state index in [2.05, 4.69) is 10.2 Å². The van der Waals surface area contributed by atoms with Crippen LogP contribution < -0.4 is 11.1 Å². The second-order valence-electron chi connectivity index (χ2n) is 9.95. The summed E-state index contributed by atoms with van der Waals surface area (Å²) >= 11 is 0. The number of nitrogens with two attached hydrogens (primary N) is 1. The minimum absolute atomic E-state index is 0.00475. The zero-order valence-corrected chi connectivity index (χ0v) is 19.4. The Morgan fingerprint density at radius 2 is 1.85 bits per heavy atom. The Balaban J connectivity index is 1.43. The van der Waals surface area contributed by atoms with Crippen LogP contribution in [-0.4, -0.2) is 71.8 Å². The van der Waals surface area contributed by atoms with Gasteiger partial charge in [0.05, 0.1) is 11.1 Å². The van der Waals surface area contributed by atoms with Crippen molar-refractivity contribution in [1.29, 1.82) is 0 Å². The molecule has 0 spiro atoms. The summed E-state index contributed by atoms with van der Waals surface area (Å²) in [5.41, 5.74) is 7.85. The SMILES string of the molecule is NCC1(C2CCCCN2Cc2cccc3c2C(=O)N(C2CCC(=O)NC2=O)C3=O)CCOCC1. The van der Waals surface area contributed by atoms with Gasteiger partial charge in [-0.25, -0.2) is 0 Å². The maximum atomic E-state index is 13.5. The van der Waals surface area contributed by atoms with Crippen molar-refractivity contribution >= 4 is 23.6 Å². The third kappa shape index (κ3) is 3.85. The lowest BCUT2D eigenvalue weighted by atomic mass is 9.70. The molecule has 4 heterocycles. The van der Waals surface area contributed by atoms with E-state index in [0.29, 0.717) is 30.3 Å². The molecular weight excluding hydrogens is 436 g/mol. The first-order valence-electron chi connectivity index (χ1n) is 12.3. The van der Waals surface area contributed by atoms with Gasteiger partial charge in [-0.1, -0.05) is 18.6 Å². The van der Waals surface area contributed by atoms with Gasteiger partial charge in [-0.15, -0.1) is 0 Å². The molecule has 0 saturated carbocycles. The molecule has 3 saturated heterocycles. The van der Waals surface area contributed by atoms with Crippen LogP contribution in [0.2, 0.25) is 0 Å². The Bertz CT molecular complexity index is 1020. The lowest BCUT2D eigenvalue weighted by Gasteiger charge is -2.50. The highest BCUT2D eigenvalue weighted by molar-refractivity contribution is 6.24. The zero-order chi connectivity index (χ0) is 23.9. The van der Waals surface area contributed by atoms with Crippen molar-refractivity contribution in [2.75, 3.05) is 26.3 Å². The van der Waals surface area contributed by atoms with E-state index in [0.717, 1.165) is 62.3 Å². The lowest BCUT2D eigenvalue weighted by Crippen LogP contribution is -2.55. The number of benzene rings is 1.